The zero-order valence-corrected chi connectivity index (χ0v) is 18.0. The molecule has 0 aliphatic rings. The number of aryl methyl sites for hydroxylation is 1. The van der Waals surface area contributed by atoms with E-state index in [1.165, 1.54) is 38.5 Å². The Bertz CT molecular complexity index is 1140. The fourth-order valence-corrected chi connectivity index (χ4v) is 3.71. The maximum atomic E-state index is 12.6. The van der Waals surface area contributed by atoms with Gasteiger partial charge in [-0.15, -0.1) is 10.2 Å². The van der Waals surface area contributed by atoms with Gasteiger partial charge in [-0.3, -0.25) is 0 Å². The summed E-state index contributed by atoms with van der Waals surface area (Å²) in [6.07, 6.45) is 1.63. The van der Waals surface area contributed by atoms with Gasteiger partial charge in [-0.1, -0.05) is 11.6 Å². The summed E-state index contributed by atoms with van der Waals surface area (Å²) in [7, 11) is -0.941. The number of sulfonamides is 1. The molecule has 158 valence electrons. The van der Waals surface area contributed by atoms with Gasteiger partial charge in [0.2, 0.25) is 27.7 Å². The third kappa shape index (κ3) is 5.15. The maximum Gasteiger partial charge on any atom is 0.240 e. The molecule has 0 aliphatic heterocycles. The topological polar surface area (TPSA) is 113 Å². The average Bonchev–Trinajstić information content (AvgIpc) is 2.74. The monoisotopic (exact) mass is 450 g/mol. The van der Waals surface area contributed by atoms with Crippen molar-refractivity contribution in [2.75, 3.05) is 14.2 Å². The standard InChI is InChI=1S/C19H19ClN4O5S/c1-12-8-16(20)19(21-10-12)29-14-4-6-15(7-5-14)30(25,26)22-11-13-9-17(27-2)23-24-18(13)28-3/h4-10,22H,11H2,1-3H3. The second kappa shape index (κ2) is 9.24. The van der Waals surface area contributed by atoms with E-state index in [1.54, 1.807) is 18.3 Å². The number of aromatic nitrogens is 3. The number of methoxy groups -OCH3 is 2. The molecule has 0 radical (unpaired) electrons. The van der Waals surface area contributed by atoms with E-state index in [4.69, 9.17) is 25.8 Å². The van der Waals surface area contributed by atoms with Crippen LogP contribution < -0.4 is 18.9 Å². The molecule has 9 nitrogen and oxygen atoms in total. The number of hydrogen-bond donors (Lipinski definition) is 1. The summed E-state index contributed by atoms with van der Waals surface area (Å²) in [5, 5.41) is 7.99. The highest BCUT2D eigenvalue weighted by Crippen LogP contribution is 2.28. The minimum atomic E-state index is -3.80. The molecule has 11 heteroatoms. The van der Waals surface area contributed by atoms with E-state index in [-0.39, 0.29) is 29.1 Å². The van der Waals surface area contributed by atoms with Gasteiger partial charge < -0.3 is 14.2 Å². The lowest BCUT2D eigenvalue weighted by Gasteiger charge is -2.11. The summed E-state index contributed by atoms with van der Waals surface area (Å²) < 4.78 is 43.5. The lowest BCUT2D eigenvalue weighted by Crippen LogP contribution is -2.23. The van der Waals surface area contributed by atoms with Gasteiger partial charge in [0.05, 0.1) is 19.1 Å². The zero-order valence-electron chi connectivity index (χ0n) is 16.4. The molecule has 30 heavy (non-hydrogen) atoms. The van der Waals surface area contributed by atoms with E-state index in [1.807, 2.05) is 6.92 Å². The number of nitrogens with one attached hydrogen (secondary N) is 1. The number of ether oxygens (including phenoxy) is 3. The zero-order chi connectivity index (χ0) is 21.7. The number of hydrogen-bond acceptors (Lipinski definition) is 8. The summed E-state index contributed by atoms with van der Waals surface area (Å²) in [6, 6.07) is 9.15. The van der Waals surface area contributed by atoms with Crippen molar-refractivity contribution in [1.29, 1.82) is 0 Å². The number of benzene rings is 1. The van der Waals surface area contributed by atoms with Crippen molar-refractivity contribution in [3.05, 3.63) is 58.7 Å². The Morgan fingerprint density at radius 3 is 2.40 bits per heavy atom. The molecule has 0 fully saturated rings. The van der Waals surface area contributed by atoms with Gasteiger partial charge in [-0.05, 0) is 42.8 Å². The summed E-state index contributed by atoms with van der Waals surface area (Å²) in [4.78, 5) is 4.18. The average molecular weight is 451 g/mol. The van der Waals surface area contributed by atoms with Crippen molar-refractivity contribution in [3.63, 3.8) is 0 Å². The van der Waals surface area contributed by atoms with Gasteiger partial charge in [-0.25, -0.2) is 18.1 Å². The van der Waals surface area contributed by atoms with Crippen LogP contribution in [0.5, 0.6) is 23.4 Å². The molecular formula is C19H19ClN4O5S. The Hall–Kier alpha value is -2.95. The second-order valence-electron chi connectivity index (χ2n) is 6.12. The van der Waals surface area contributed by atoms with E-state index in [2.05, 4.69) is 19.9 Å². The molecule has 3 rings (SSSR count). The normalized spacial score (nSPS) is 11.2. The largest absolute Gasteiger partial charge is 0.480 e. The highest BCUT2D eigenvalue weighted by Gasteiger charge is 2.17. The van der Waals surface area contributed by atoms with E-state index in [0.29, 0.717) is 16.3 Å². The molecule has 2 aromatic heterocycles. The molecule has 2 heterocycles. The third-order valence-corrected chi connectivity index (χ3v) is 5.65. The van der Waals surface area contributed by atoms with Gasteiger partial charge in [0.15, 0.2) is 0 Å². The Balaban J connectivity index is 1.72. The van der Waals surface area contributed by atoms with Gasteiger partial charge in [0, 0.05) is 24.4 Å². The number of pyridine rings is 1. The predicted molar refractivity (Wildman–Crippen MR) is 110 cm³/mol. The Kier molecular flexibility index (Phi) is 6.70. The van der Waals surface area contributed by atoms with Crippen LogP contribution in [0.1, 0.15) is 11.1 Å². The van der Waals surface area contributed by atoms with E-state index >= 15 is 0 Å². The van der Waals surface area contributed by atoms with Crippen molar-refractivity contribution >= 4 is 21.6 Å². The molecule has 0 saturated carbocycles. The van der Waals surface area contributed by atoms with Crippen molar-refractivity contribution in [3.8, 4) is 23.4 Å². The molecule has 1 N–H and O–H groups in total. The molecule has 3 aromatic rings. The summed E-state index contributed by atoms with van der Waals surface area (Å²) in [5.41, 5.74) is 1.38. The lowest BCUT2D eigenvalue weighted by atomic mass is 10.3. The predicted octanol–water partition coefficient (Wildman–Crippen LogP) is 3.12. The van der Waals surface area contributed by atoms with E-state index in [0.717, 1.165) is 5.56 Å². The van der Waals surface area contributed by atoms with Crippen LogP contribution in [0.15, 0.2) is 47.5 Å². The quantitative estimate of drug-likeness (QED) is 0.557. The molecule has 0 spiro atoms. The van der Waals surface area contributed by atoms with Crippen molar-refractivity contribution in [2.45, 2.75) is 18.4 Å². The molecule has 0 unspecified atom stereocenters. The fraction of sp³-hybridized carbons (Fsp3) is 0.211. The van der Waals surface area contributed by atoms with Crippen molar-refractivity contribution in [1.82, 2.24) is 19.9 Å². The summed E-state index contributed by atoms with van der Waals surface area (Å²) in [5.74, 6) is 1.08. The first-order valence-electron chi connectivity index (χ1n) is 8.66. The Morgan fingerprint density at radius 2 is 1.77 bits per heavy atom. The first-order valence-corrected chi connectivity index (χ1v) is 10.5. The number of halogens is 1. The molecule has 0 bridgehead atoms. The van der Waals surface area contributed by atoms with Crippen molar-refractivity contribution in [2.24, 2.45) is 0 Å². The minimum absolute atomic E-state index is 0.0570. The minimum Gasteiger partial charge on any atom is -0.480 e. The van der Waals surface area contributed by atoms with Gasteiger partial charge in [-0.2, -0.15) is 0 Å². The van der Waals surface area contributed by atoms with Crippen molar-refractivity contribution < 1.29 is 22.6 Å². The van der Waals surface area contributed by atoms with E-state index in [9.17, 15) is 8.42 Å². The Morgan fingerprint density at radius 1 is 1.03 bits per heavy atom. The first-order chi connectivity index (χ1) is 14.3. The molecule has 0 amide bonds. The number of nitrogens with zero attached hydrogens (tertiary/aromatic N) is 3. The van der Waals surface area contributed by atoms with Gasteiger partial charge >= 0.3 is 0 Å². The molecule has 0 saturated heterocycles. The SMILES string of the molecule is COc1cc(CNS(=O)(=O)c2ccc(Oc3ncc(C)cc3Cl)cc2)c(OC)nn1. The smallest absolute Gasteiger partial charge is 0.240 e. The summed E-state index contributed by atoms with van der Waals surface area (Å²) >= 11 is 6.11. The number of rotatable bonds is 8. The second-order valence-corrected chi connectivity index (χ2v) is 8.29. The highest BCUT2D eigenvalue weighted by atomic mass is 35.5. The van der Waals surface area contributed by atoms with Crippen LogP contribution >= 0.6 is 11.6 Å². The third-order valence-electron chi connectivity index (χ3n) is 3.96. The highest BCUT2D eigenvalue weighted by molar-refractivity contribution is 7.89. The van der Waals surface area contributed by atoms with E-state index < -0.39 is 10.0 Å². The van der Waals surface area contributed by atoms with Crippen LogP contribution in [0.3, 0.4) is 0 Å². The molecule has 1 aromatic carbocycles. The van der Waals surface area contributed by atoms with Crippen LogP contribution in [0, 0.1) is 6.92 Å². The van der Waals surface area contributed by atoms with Gasteiger partial charge in [0.25, 0.3) is 0 Å². The van der Waals surface area contributed by atoms with Crippen LogP contribution in [0.4, 0.5) is 0 Å². The fourth-order valence-electron chi connectivity index (χ4n) is 2.45. The molecule has 0 atom stereocenters. The molecule has 0 aliphatic carbocycles. The van der Waals surface area contributed by atoms with Gasteiger partial charge in [0.1, 0.15) is 10.8 Å². The lowest BCUT2D eigenvalue weighted by molar-refractivity contribution is 0.362. The van der Waals surface area contributed by atoms with Crippen LogP contribution in [-0.4, -0.2) is 37.8 Å². The summed E-state index contributed by atoms with van der Waals surface area (Å²) in [6.45, 7) is 1.81. The maximum absolute atomic E-state index is 12.6. The van der Waals surface area contributed by atoms with Crippen LogP contribution in [0.2, 0.25) is 5.02 Å². The molecular weight excluding hydrogens is 432 g/mol. The Labute approximate surface area is 179 Å². The van der Waals surface area contributed by atoms with Crippen LogP contribution in [0.25, 0.3) is 0 Å². The van der Waals surface area contributed by atoms with Crippen LogP contribution in [-0.2, 0) is 16.6 Å². The first kappa shape index (κ1) is 21.8.